The van der Waals surface area contributed by atoms with Gasteiger partial charge in [-0.25, -0.2) is 0 Å². The zero-order valence-corrected chi connectivity index (χ0v) is 18.0. The molecule has 0 aliphatic carbocycles. The highest BCUT2D eigenvalue weighted by molar-refractivity contribution is 6.30. The summed E-state index contributed by atoms with van der Waals surface area (Å²) >= 11 is 6.16. The molecule has 0 radical (unpaired) electrons. The Morgan fingerprint density at radius 1 is 1.03 bits per heavy atom. The lowest BCUT2D eigenvalue weighted by Crippen LogP contribution is -2.49. The molecule has 0 amide bonds. The molecule has 6 nitrogen and oxygen atoms in total. The number of benzene rings is 2. The molecule has 2 aromatic rings. The van der Waals surface area contributed by atoms with E-state index in [0.717, 1.165) is 31.2 Å². The van der Waals surface area contributed by atoms with Crippen LogP contribution in [0.5, 0.6) is 17.2 Å². The highest BCUT2D eigenvalue weighted by atomic mass is 35.5. The number of ether oxygens (including phenoxy) is 3. The van der Waals surface area contributed by atoms with Crippen molar-refractivity contribution in [2.24, 2.45) is 0 Å². The zero-order chi connectivity index (χ0) is 20.8. The maximum Gasteiger partial charge on any atom is 0.203 e. The van der Waals surface area contributed by atoms with Crippen LogP contribution in [0.4, 0.5) is 5.69 Å². The second kappa shape index (κ2) is 10.1. The average molecular weight is 421 g/mol. The monoisotopic (exact) mass is 420 g/mol. The molecular formula is C22H29ClN2O4. The van der Waals surface area contributed by atoms with Gasteiger partial charge in [-0.15, -0.1) is 0 Å². The largest absolute Gasteiger partial charge is 0.493 e. The molecule has 1 aliphatic heterocycles. The van der Waals surface area contributed by atoms with E-state index < -0.39 is 6.10 Å². The van der Waals surface area contributed by atoms with Crippen LogP contribution >= 0.6 is 11.6 Å². The third-order valence-electron chi connectivity index (χ3n) is 5.16. The van der Waals surface area contributed by atoms with Gasteiger partial charge >= 0.3 is 0 Å². The number of halogens is 1. The minimum absolute atomic E-state index is 0.171. The molecule has 158 valence electrons. The Labute approximate surface area is 177 Å². The van der Waals surface area contributed by atoms with Crippen molar-refractivity contribution in [2.45, 2.75) is 13.0 Å². The molecule has 1 heterocycles. The highest BCUT2D eigenvalue weighted by Gasteiger charge is 2.21. The lowest BCUT2D eigenvalue weighted by Gasteiger charge is -2.37. The second-order valence-electron chi connectivity index (χ2n) is 7.17. The van der Waals surface area contributed by atoms with Gasteiger partial charge in [0, 0.05) is 43.4 Å². The van der Waals surface area contributed by atoms with Crippen LogP contribution in [-0.2, 0) is 0 Å². The van der Waals surface area contributed by atoms with Crippen molar-refractivity contribution in [3.05, 3.63) is 47.0 Å². The number of aryl methyl sites for hydroxylation is 1. The number of β-amino-alcohol motifs (C(OH)–C–C–N with tert-alkyl or cyclic N) is 1. The Hall–Kier alpha value is -2.15. The first-order chi connectivity index (χ1) is 14.0. The quantitative estimate of drug-likeness (QED) is 0.707. The Morgan fingerprint density at radius 3 is 2.31 bits per heavy atom. The summed E-state index contributed by atoms with van der Waals surface area (Å²) in [6.07, 6.45) is -0.607. The molecule has 1 N–H and O–H groups in total. The van der Waals surface area contributed by atoms with Gasteiger partial charge < -0.3 is 24.2 Å². The molecule has 0 saturated carbocycles. The van der Waals surface area contributed by atoms with Crippen LogP contribution in [0, 0.1) is 6.92 Å². The average Bonchev–Trinajstić information content (AvgIpc) is 2.74. The number of nitrogens with zero attached hydrogens (tertiary/aromatic N) is 2. The van der Waals surface area contributed by atoms with Gasteiger partial charge in [-0.05, 0) is 36.8 Å². The fourth-order valence-electron chi connectivity index (χ4n) is 3.58. The van der Waals surface area contributed by atoms with Crippen LogP contribution in [0.1, 0.15) is 5.56 Å². The molecule has 7 heteroatoms. The molecule has 2 aromatic carbocycles. The van der Waals surface area contributed by atoms with Gasteiger partial charge in [-0.2, -0.15) is 0 Å². The predicted molar refractivity (Wildman–Crippen MR) is 116 cm³/mol. The Morgan fingerprint density at radius 2 is 1.69 bits per heavy atom. The number of methoxy groups -OCH3 is 2. The van der Waals surface area contributed by atoms with Crippen molar-refractivity contribution >= 4 is 17.3 Å². The number of para-hydroxylation sites is 1. The number of hydrogen-bond acceptors (Lipinski definition) is 6. The van der Waals surface area contributed by atoms with E-state index in [4.69, 9.17) is 25.8 Å². The van der Waals surface area contributed by atoms with E-state index >= 15 is 0 Å². The summed E-state index contributed by atoms with van der Waals surface area (Å²) in [6, 6.07) is 11.4. The normalized spacial score (nSPS) is 15.8. The van der Waals surface area contributed by atoms with Crippen molar-refractivity contribution in [2.75, 3.05) is 58.5 Å². The van der Waals surface area contributed by atoms with Crippen LogP contribution in [0.15, 0.2) is 36.4 Å². The zero-order valence-electron chi connectivity index (χ0n) is 17.2. The molecule has 0 bridgehead atoms. The SMILES string of the molecule is COc1cccc(OC)c1OCC(O)CN1CCN(c2cc(Cl)ccc2C)CC1. The van der Waals surface area contributed by atoms with Crippen LogP contribution in [0.3, 0.4) is 0 Å². The number of hydrogen-bond donors (Lipinski definition) is 1. The van der Waals surface area contributed by atoms with Crippen molar-refractivity contribution in [3.63, 3.8) is 0 Å². The first kappa shape index (κ1) is 21.6. The predicted octanol–water partition coefficient (Wildman–Crippen LogP) is 3.23. The minimum atomic E-state index is -0.607. The lowest BCUT2D eigenvalue weighted by atomic mass is 10.1. The first-order valence-electron chi connectivity index (χ1n) is 9.77. The Bertz CT molecular complexity index is 787. The van der Waals surface area contributed by atoms with Crippen LogP contribution in [-0.4, -0.2) is 69.7 Å². The molecule has 1 unspecified atom stereocenters. The van der Waals surface area contributed by atoms with Gasteiger partial charge in [0.2, 0.25) is 5.75 Å². The number of rotatable bonds is 8. The summed E-state index contributed by atoms with van der Waals surface area (Å²) in [7, 11) is 3.17. The molecule has 1 saturated heterocycles. The number of anilines is 1. The summed E-state index contributed by atoms with van der Waals surface area (Å²) in [5, 5.41) is 11.2. The van der Waals surface area contributed by atoms with Crippen molar-refractivity contribution in [1.29, 1.82) is 0 Å². The van der Waals surface area contributed by atoms with Gasteiger partial charge in [0.25, 0.3) is 0 Å². The van der Waals surface area contributed by atoms with Gasteiger partial charge in [-0.1, -0.05) is 23.7 Å². The summed E-state index contributed by atoms with van der Waals surface area (Å²) in [6.45, 7) is 6.38. The van der Waals surface area contributed by atoms with E-state index in [0.29, 0.717) is 23.8 Å². The number of aliphatic hydroxyl groups excluding tert-OH is 1. The molecule has 29 heavy (non-hydrogen) atoms. The first-order valence-corrected chi connectivity index (χ1v) is 10.1. The van der Waals surface area contributed by atoms with Gasteiger partial charge in [-0.3, -0.25) is 4.90 Å². The van der Waals surface area contributed by atoms with E-state index in [1.807, 2.05) is 18.2 Å². The second-order valence-corrected chi connectivity index (χ2v) is 7.61. The lowest BCUT2D eigenvalue weighted by molar-refractivity contribution is 0.0643. The van der Waals surface area contributed by atoms with Crippen molar-refractivity contribution in [3.8, 4) is 17.2 Å². The molecule has 1 atom stereocenters. The molecular weight excluding hydrogens is 392 g/mol. The number of piperazine rings is 1. The van der Waals surface area contributed by atoms with Crippen LogP contribution in [0.25, 0.3) is 0 Å². The van der Waals surface area contributed by atoms with Crippen LogP contribution < -0.4 is 19.1 Å². The third-order valence-corrected chi connectivity index (χ3v) is 5.39. The fraction of sp³-hybridized carbons (Fsp3) is 0.455. The summed E-state index contributed by atoms with van der Waals surface area (Å²) in [5.41, 5.74) is 2.41. The molecule has 0 spiro atoms. The van der Waals surface area contributed by atoms with E-state index in [2.05, 4.69) is 22.8 Å². The third kappa shape index (κ3) is 5.47. The molecule has 1 aliphatic rings. The summed E-state index contributed by atoms with van der Waals surface area (Å²) in [5.74, 6) is 1.68. The molecule has 3 rings (SSSR count). The maximum atomic E-state index is 10.5. The standard InChI is InChI=1S/C22H29ClN2O4/c1-16-7-8-17(23)13-19(16)25-11-9-24(10-12-25)14-18(26)15-29-22-20(27-2)5-4-6-21(22)28-3/h4-8,13,18,26H,9-12,14-15H2,1-3H3. The topological polar surface area (TPSA) is 54.4 Å². The van der Waals surface area contributed by atoms with E-state index in [1.165, 1.54) is 11.3 Å². The smallest absolute Gasteiger partial charge is 0.203 e. The summed E-state index contributed by atoms with van der Waals surface area (Å²) in [4.78, 5) is 4.60. The molecule has 1 fully saturated rings. The minimum Gasteiger partial charge on any atom is -0.493 e. The van der Waals surface area contributed by atoms with E-state index in [1.54, 1.807) is 26.4 Å². The van der Waals surface area contributed by atoms with E-state index in [9.17, 15) is 5.11 Å². The van der Waals surface area contributed by atoms with Gasteiger partial charge in [0.1, 0.15) is 12.7 Å². The highest BCUT2D eigenvalue weighted by Crippen LogP contribution is 2.36. The van der Waals surface area contributed by atoms with Gasteiger partial charge in [0.05, 0.1) is 14.2 Å². The van der Waals surface area contributed by atoms with Crippen molar-refractivity contribution < 1.29 is 19.3 Å². The maximum absolute atomic E-state index is 10.5. The Balaban J connectivity index is 1.50. The van der Waals surface area contributed by atoms with Gasteiger partial charge in [0.15, 0.2) is 11.5 Å². The Kier molecular flexibility index (Phi) is 7.47. The fourth-order valence-corrected chi connectivity index (χ4v) is 3.75. The number of aliphatic hydroxyl groups is 1. The van der Waals surface area contributed by atoms with Crippen molar-refractivity contribution in [1.82, 2.24) is 4.90 Å². The summed E-state index contributed by atoms with van der Waals surface area (Å²) < 4.78 is 16.5. The molecule has 0 aromatic heterocycles. The van der Waals surface area contributed by atoms with Crippen LogP contribution in [0.2, 0.25) is 5.02 Å². The van der Waals surface area contributed by atoms with E-state index in [-0.39, 0.29) is 6.61 Å².